The fraction of sp³-hybridized carbons (Fsp3) is 0.278. The van der Waals surface area contributed by atoms with Gasteiger partial charge >= 0.3 is 0 Å². The summed E-state index contributed by atoms with van der Waals surface area (Å²) in [6.45, 7) is 4.91. The Labute approximate surface area is 140 Å². The molecule has 0 spiro atoms. The molecule has 0 atom stereocenters. The van der Waals surface area contributed by atoms with Crippen LogP contribution in [0.25, 0.3) is 0 Å². The summed E-state index contributed by atoms with van der Waals surface area (Å²) in [5.74, 6) is -1.13. The van der Waals surface area contributed by atoms with Gasteiger partial charge in [0.1, 0.15) is 6.54 Å². The van der Waals surface area contributed by atoms with Crippen LogP contribution in [0, 0.1) is 0 Å². The van der Waals surface area contributed by atoms with Gasteiger partial charge < -0.3 is 19.7 Å². The number of anilines is 1. The van der Waals surface area contributed by atoms with E-state index in [1.165, 1.54) is 10.5 Å². The largest absolute Gasteiger partial charge is 0.545 e. The van der Waals surface area contributed by atoms with Gasteiger partial charge in [-0.3, -0.25) is 0 Å². The molecule has 0 saturated carbocycles. The number of halogens is 1. The van der Waals surface area contributed by atoms with Crippen molar-refractivity contribution in [3.8, 4) is 0 Å². The molecule has 4 nitrogen and oxygen atoms in total. The molecule has 2 aromatic carbocycles. The highest BCUT2D eigenvalue weighted by Crippen LogP contribution is 2.16. The van der Waals surface area contributed by atoms with E-state index in [-0.39, 0.29) is 5.56 Å². The molecule has 1 aliphatic rings. The molecule has 0 bridgehead atoms. The molecule has 0 aromatic heterocycles. The van der Waals surface area contributed by atoms with Crippen LogP contribution >= 0.6 is 11.6 Å². The number of hydrogen-bond acceptors (Lipinski definition) is 3. The minimum Gasteiger partial charge on any atom is -0.545 e. The average Bonchev–Trinajstić information content (AvgIpc) is 2.58. The monoisotopic (exact) mass is 330 g/mol. The summed E-state index contributed by atoms with van der Waals surface area (Å²) in [5.41, 5.74) is 2.47. The van der Waals surface area contributed by atoms with Crippen molar-refractivity contribution in [3.05, 3.63) is 64.7 Å². The molecule has 120 valence electrons. The second kappa shape index (κ2) is 7.02. The number of quaternary nitrogens is 1. The number of nitrogens with one attached hydrogen (secondary N) is 1. The van der Waals surface area contributed by atoms with Crippen LogP contribution in [0.3, 0.4) is 0 Å². The van der Waals surface area contributed by atoms with Gasteiger partial charge in [-0.15, -0.1) is 0 Å². The van der Waals surface area contributed by atoms with E-state index in [2.05, 4.69) is 11.0 Å². The number of benzene rings is 2. The maximum absolute atomic E-state index is 10.8. The van der Waals surface area contributed by atoms with Crippen molar-refractivity contribution in [2.24, 2.45) is 0 Å². The Morgan fingerprint density at radius 1 is 1.09 bits per heavy atom. The Morgan fingerprint density at radius 3 is 2.35 bits per heavy atom. The molecule has 0 radical (unpaired) electrons. The molecule has 1 fully saturated rings. The highest BCUT2D eigenvalue weighted by atomic mass is 35.5. The number of carboxylic acids is 1. The van der Waals surface area contributed by atoms with Crippen molar-refractivity contribution < 1.29 is 14.8 Å². The molecule has 1 aliphatic heterocycles. The number of hydrogen-bond donors (Lipinski definition) is 1. The van der Waals surface area contributed by atoms with Crippen LogP contribution in [0.5, 0.6) is 0 Å². The van der Waals surface area contributed by atoms with E-state index in [9.17, 15) is 9.90 Å². The first-order chi connectivity index (χ1) is 11.1. The molecule has 0 amide bonds. The van der Waals surface area contributed by atoms with Gasteiger partial charge in [0.15, 0.2) is 0 Å². The average molecular weight is 331 g/mol. The Hall–Kier alpha value is -2.04. The summed E-state index contributed by atoms with van der Waals surface area (Å²) in [4.78, 5) is 14.6. The molecule has 1 heterocycles. The first-order valence-corrected chi connectivity index (χ1v) is 8.14. The predicted octanol–water partition coefficient (Wildman–Crippen LogP) is 0.609. The van der Waals surface area contributed by atoms with E-state index in [0.717, 1.165) is 43.4 Å². The zero-order valence-electron chi connectivity index (χ0n) is 12.8. The van der Waals surface area contributed by atoms with Crippen molar-refractivity contribution in [1.82, 2.24) is 0 Å². The molecular weight excluding hydrogens is 312 g/mol. The summed E-state index contributed by atoms with van der Waals surface area (Å²) in [5, 5.41) is 11.6. The lowest BCUT2D eigenvalue weighted by atomic mass is 10.1. The van der Waals surface area contributed by atoms with Crippen LogP contribution in [0.4, 0.5) is 5.69 Å². The number of rotatable bonds is 4. The van der Waals surface area contributed by atoms with Crippen molar-refractivity contribution in [3.63, 3.8) is 0 Å². The van der Waals surface area contributed by atoms with Crippen LogP contribution in [0.1, 0.15) is 15.9 Å². The van der Waals surface area contributed by atoms with Gasteiger partial charge in [0.25, 0.3) is 0 Å². The number of aromatic carboxylic acids is 1. The summed E-state index contributed by atoms with van der Waals surface area (Å²) in [7, 11) is 0. The molecule has 5 heteroatoms. The number of piperazine rings is 1. The van der Waals surface area contributed by atoms with Gasteiger partial charge in [-0.1, -0.05) is 41.9 Å². The molecule has 1 saturated heterocycles. The SMILES string of the molecule is O=C([O-])c1ccc(N2CC[NH+](Cc3ccccc3Cl)CC2)cc1. The lowest BCUT2D eigenvalue weighted by molar-refractivity contribution is -0.914. The molecule has 1 N–H and O–H groups in total. The highest BCUT2D eigenvalue weighted by molar-refractivity contribution is 6.31. The summed E-state index contributed by atoms with van der Waals surface area (Å²) >= 11 is 6.23. The molecule has 23 heavy (non-hydrogen) atoms. The zero-order valence-corrected chi connectivity index (χ0v) is 13.6. The summed E-state index contributed by atoms with van der Waals surface area (Å²) in [6, 6.07) is 14.9. The lowest BCUT2D eigenvalue weighted by Gasteiger charge is -2.34. The summed E-state index contributed by atoms with van der Waals surface area (Å²) in [6.07, 6.45) is 0. The standard InChI is InChI=1S/C18H19ClN2O2/c19-17-4-2-1-3-15(17)13-20-9-11-21(12-10-20)16-7-5-14(6-8-16)18(22)23/h1-8H,9-13H2,(H,22,23). The third-order valence-electron chi connectivity index (χ3n) is 4.34. The second-order valence-corrected chi connectivity index (χ2v) is 6.25. The third-order valence-corrected chi connectivity index (χ3v) is 4.71. The fourth-order valence-electron chi connectivity index (χ4n) is 2.98. The lowest BCUT2D eigenvalue weighted by Crippen LogP contribution is -3.13. The Kier molecular flexibility index (Phi) is 4.84. The molecule has 0 unspecified atom stereocenters. The third kappa shape index (κ3) is 3.84. The van der Waals surface area contributed by atoms with Crippen LogP contribution in [-0.4, -0.2) is 32.1 Å². The van der Waals surface area contributed by atoms with Crippen molar-refractivity contribution in [1.29, 1.82) is 0 Å². The maximum Gasteiger partial charge on any atom is 0.104 e. The van der Waals surface area contributed by atoms with E-state index in [0.29, 0.717) is 0 Å². The normalized spacial score (nSPS) is 15.6. The minimum atomic E-state index is -1.13. The highest BCUT2D eigenvalue weighted by Gasteiger charge is 2.21. The number of carbonyl (C=O) groups excluding carboxylic acids is 1. The van der Waals surface area contributed by atoms with E-state index in [1.54, 1.807) is 12.1 Å². The van der Waals surface area contributed by atoms with E-state index in [4.69, 9.17) is 11.6 Å². The Balaban J connectivity index is 1.58. The van der Waals surface area contributed by atoms with Crippen LogP contribution < -0.4 is 14.9 Å². The van der Waals surface area contributed by atoms with Crippen LogP contribution in [-0.2, 0) is 6.54 Å². The van der Waals surface area contributed by atoms with Crippen molar-refractivity contribution in [2.75, 3.05) is 31.1 Å². The quantitative estimate of drug-likeness (QED) is 0.893. The van der Waals surface area contributed by atoms with Gasteiger partial charge in [-0.2, -0.15) is 0 Å². The Morgan fingerprint density at radius 2 is 1.74 bits per heavy atom. The number of nitrogens with zero attached hydrogens (tertiary/aromatic N) is 1. The first kappa shape index (κ1) is 15.8. The second-order valence-electron chi connectivity index (χ2n) is 5.84. The molecular formula is C18H19ClN2O2. The maximum atomic E-state index is 10.8. The molecule has 2 aromatic rings. The van der Waals surface area contributed by atoms with Gasteiger partial charge in [0.2, 0.25) is 0 Å². The smallest absolute Gasteiger partial charge is 0.104 e. The van der Waals surface area contributed by atoms with Crippen molar-refractivity contribution in [2.45, 2.75) is 6.54 Å². The van der Waals surface area contributed by atoms with Crippen LogP contribution in [0.2, 0.25) is 5.02 Å². The summed E-state index contributed by atoms with van der Waals surface area (Å²) < 4.78 is 0. The Bertz CT molecular complexity index is 680. The first-order valence-electron chi connectivity index (χ1n) is 7.77. The van der Waals surface area contributed by atoms with E-state index < -0.39 is 5.97 Å². The predicted molar refractivity (Wildman–Crippen MR) is 88.8 cm³/mol. The van der Waals surface area contributed by atoms with Gasteiger partial charge in [0, 0.05) is 16.3 Å². The zero-order chi connectivity index (χ0) is 16.2. The van der Waals surface area contributed by atoms with Gasteiger partial charge in [-0.05, 0) is 23.8 Å². The van der Waals surface area contributed by atoms with Crippen LogP contribution in [0.15, 0.2) is 48.5 Å². The van der Waals surface area contributed by atoms with Gasteiger partial charge in [0.05, 0.1) is 32.1 Å². The van der Waals surface area contributed by atoms with E-state index in [1.807, 2.05) is 30.3 Å². The molecule has 3 rings (SSSR count). The number of carbonyl (C=O) groups is 1. The fourth-order valence-corrected chi connectivity index (χ4v) is 3.18. The number of carboxylic acid groups (broad SMARTS) is 1. The van der Waals surface area contributed by atoms with E-state index >= 15 is 0 Å². The van der Waals surface area contributed by atoms with Gasteiger partial charge in [-0.25, -0.2) is 0 Å². The topological polar surface area (TPSA) is 47.8 Å². The minimum absolute atomic E-state index is 0.219. The molecule has 0 aliphatic carbocycles. The van der Waals surface area contributed by atoms with Crippen molar-refractivity contribution >= 4 is 23.3 Å².